The van der Waals surface area contributed by atoms with Gasteiger partial charge in [0.15, 0.2) is 16.2 Å². The van der Waals surface area contributed by atoms with Crippen molar-refractivity contribution in [3.05, 3.63) is 45.7 Å². The molecule has 1 atom stereocenters. The molecule has 1 unspecified atom stereocenters. The molecule has 1 heterocycles. The highest BCUT2D eigenvalue weighted by molar-refractivity contribution is 9.10. The zero-order chi connectivity index (χ0) is 14.7. The minimum atomic E-state index is -0.864. The zero-order valence-corrected chi connectivity index (χ0v) is 12.8. The number of aryl methyl sites for hydroxylation is 1. The summed E-state index contributed by atoms with van der Waals surface area (Å²) in [5, 5.41) is 11.0. The van der Waals surface area contributed by atoms with Gasteiger partial charge in [0.05, 0.1) is 11.7 Å². The van der Waals surface area contributed by atoms with Gasteiger partial charge in [0.2, 0.25) is 0 Å². The Bertz CT molecular complexity index is 581. The third-order valence-corrected chi connectivity index (χ3v) is 3.56. The van der Waals surface area contributed by atoms with Crippen LogP contribution in [-0.2, 0) is 7.05 Å². The van der Waals surface area contributed by atoms with Crippen LogP contribution in [0.4, 0.5) is 8.78 Å². The molecule has 0 radical (unpaired) electrons. The van der Waals surface area contributed by atoms with Gasteiger partial charge in [-0.05, 0) is 35.0 Å². The second-order valence-corrected chi connectivity index (χ2v) is 5.17. The molecule has 20 heavy (non-hydrogen) atoms. The van der Waals surface area contributed by atoms with Gasteiger partial charge in [-0.15, -0.1) is 5.10 Å². The summed E-state index contributed by atoms with van der Waals surface area (Å²) >= 11 is 3.30. The maximum absolute atomic E-state index is 14.1. The van der Waals surface area contributed by atoms with Crippen molar-refractivity contribution >= 4 is 15.9 Å². The van der Waals surface area contributed by atoms with E-state index in [1.165, 1.54) is 6.07 Å². The summed E-state index contributed by atoms with van der Waals surface area (Å²) in [4.78, 5) is 0. The molecule has 0 fully saturated rings. The van der Waals surface area contributed by atoms with E-state index in [1.807, 2.05) is 6.92 Å². The Labute approximate surface area is 124 Å². The minimum Gasteiger partial charge on any atom is -0.305 e. The Balaban J connectivity index is 2.50. The van der Waals surface area contributed by atoms with E-state index in [0.29, 0.717) is 16.8 Å². The van der Waals surface area contributed by atoms with E-state index in [2.05, 4.69) is 31.6 Å². The van der Waals surface area contributed by atoms with Gasteiger partial charge in [0.25, 0.3) is 0 Å². The predicted octanol–water partition coefficient (Wildman–Crippen LogP) is 2.94. The van der Waals surface area contributed by atoms with Gasteiger partial charge < -0.3 is 5.32 Å². The number of nitrogens with zero attached hydrogens (tertiary/aromatic N) is 3. The molecule has 2 aromatic rings. The highest BCUT2D eigenvalue weighted by Gasteiger charge is 2.25. The average Bonchev–Trinajstić information content (AvgIpc) is 2.75. The molecule has 0 saturated heterocycles. The van der Waals surface area contributed by atoms with Crippen LogP contribution in [0.15, 0.2) is 22.8 Å². The summed E-state index contributed by atoms with van der Waals surface area (Å²) in [6.45, 7) is 2.67. The van der Waals surface area contributed by atoms with Crippen LogP contribution in [0.3, 0.4) is 0 Å². The summed E-state index contributed by atoms with van der Waals surface area (Å²) in [6, 6.07) is 3.64. The van der Waals surface area contributed by atoms with Crippen molar-refractivity contribution in [3.8, 4) is 0 Å². The Morgan fingerprint density at radius 3 is 2.75 bits per heavy atom. The van der Waals surface area contributed by atoms with Gasteiger partial charge in [-0.3, -0.25) is 0 Å². The van der Waals surface area contributed by atoms with Crippen molar-refractivity contribution in [2.24, 2.45) is 7.05 Å². The molecule has 1 N–H and O–H groups in total. The predicted molar refractivity (Wildman–Crippen MR) is 75.2 cm³/mol. The van der Waals surface area contributed by atoms with Crippen LogP contribution in [0.2, 0.25) is 0 Å². The van der Waals surface area contributed by atoms with Crippen molar-refractivity contribution in [2.75, 3.05) is 6.54 Å². The maximum atomic E-state index is 14.1. The molecule has 2 rings (SSSR count). The Morgan fingerprint density at radius 1 is 1.40 bits per heavy atom. The van der Waals surface area contributed by atoms with Crippen LogP contribution in [0.25, 0.3) is 0 Å². The first-order valence-corrected chi connectivity index (χ1v) is 7.08. The molecule has 0 aliphatic heterocycles. The highest BCUT2D eigenvalue weighted by Crippen LogP contribution is 2.29. The van der Waals surface area contributed by atoms with E-state index >= 15 is 0 Å². The van der Waals surface area contributed by atoms with Gasteiger partial charge in [-0.2, -0.15) is 0 Å². The van der Waals surface area contributed by atoms with E-state index in [0.717, 1.165) is 12.5 Å². The van der Waals surface area contributed by atoms with Gasteiger partial charge in [0.1, 0.15) is 0 Å². The Morgan fingerprint density at radius 2 is 2.15 bits per heavy atom. The van der Waals surface area contributed by atoms with E-state index < -0.39 is 17.7 Å². The number of hydrogen-bond donors (Lipinski definition) is 1. The van der Waals surface area contributed by atoms with E-state index in [-0.39, 0.29) is 5.56 Å². The fourth-order valence-corrected chi connectivity index (χ4v) is 2.59. The Hall–Kier alpha value is -1.34. The highest BCUT2D eigenvalue weighted by atomic mass is 79.9. The second-order valence-electron chi connectivity index (χ2n) is 4.42. The third-order valence-electron chi connectivity index (χ3n) is 2.99. The summed E-state index contributed by atoms with van der Waals surface area (Å²) in [5.41, 5.74) is 0.896. The fourth-order valence-electron chi connectivity index (χ4n) is 2.03. The van der Waals surface area contributed by atoms with Crippen molar-refractivity contribution in [3.63, 3.8) is 0 Å². The van der Waals surface area contributed by atoms with Crippen LogP contribution in [0.5, 0.6) is 0 Å². The fraction of sp³-hybridized carbons (Fsp3) is 0.385. The lowest BCUT2D eigenvalue weighted by Crippen LogP contribution is -2.26. The summed E-state index contributed by atoms with van der Waals surface area (Å²) in [6.07, 6.45) is 0.871. The van der Waals surface area contributed by atoms with Crippen LogP contribution >= 0.6 is 15.9 Å². The van der Waals surface area contributed by atoms with Crippen molar-refractivity contribution in [1.82, 2.24) is 20.3 Å². The largest absolute Gasteiger partial charge is 0.305 e. The first-order chi connectivity index (χ1) is 9.56. The molecular weight excluding hydrogens is 330 g/mol. The van der Waals surface area contributed by atoms with Gasteiger partial charge in [-0.25, -0.2) is 13.5 Å². The van der Waals surface area contributed by atoms with Crippen molar-refractivity contribution in [1.29, 1.82) is 0 Å². The molecule has 0 bridgehead atoms. The number of rotatable bonds is 5. The van der Waals surface area contributed by atoms with E-state index in [4.69, 9.17) is 0 Å². The molecule has 108 valence electrons. The molecular formula is C13H15BrF2N4. The van der Waals surface area contributed by atoms with Crippen LogP contribution in [-0.4, -0.2) is 21.5 Å². The molecule has 0 spiro atoms. The molecule has 0 saturated carbocycles. The summed E-state index contributed by atoms with van der Waals surface area (Å²) < 4.78 is 29.6. The summed E-state index contributed by atoms with van der Waals surface area (Å²) in [7, 11) is 1.71. The molecule has 1 aromatic carbocycles. The monoisotopic (exact) mass is 344 g/mol. The number of halogens is 3. The molecule has 1 aromatic heterocycles. The quantitative estimate of drug-likeness (QED) is 0.906. The minimum absolute atomic E-state index is 0.240. The van der Waals surface area contributed by atoms with Crippen molar-refractivity contribution in [2.45, 2.75) is 19.4 Å². The summed E-state index contributed by atoms with van der Waals surface area (Å²) in [5.74, 6) is -1.72. The van der Waals surface area contributed by atoms with Gasteiger partial charge >= 0.3 is 0 Å². The molecule has 4 nitrogen and oxygen atoms in total. The van der Waals surface area contributed by atoms with E-state index in [9.17, 15) is 8.78 Å². The topological polar surface area (TPSA) is 42.7 Å². The molecule has 0 aliphatic rings. The zero-order valence-electron chi connectivity index (χ0n) is 11.2. The lowest BCUT2D eigenvalue weighted by Gasteiger charge is -2.20. The first kappa shape index (κ1) is 15.1. The number of hydrogen-bond acceptors (Lipinski definition) is 3. The molecule has 0 aliphatic carbocycles. The second kappa shape index (κ2) is 6.41. The van der Waals surface area contributed by atoms with Crippen LogP contribution < -0.4 is 5.32 Å². The number of aromatic nitrogens is 3. The lowest BCUT2D eigenvalue weighted by atomic mass is 10.0. The Kier molecular flexibility index (Phi) is 4.82. The number of benzene rings is 1. The third kappa shape index (κ3) is 2.88. The maximum Gasteiger partial charge on any atom is 0.163 e. The van der Waals surface area contributed by atoms with Gasteiger partial charge in [-0.1, -0.05) is 24.3 Å². The first-order valence-electron chi connectivity index (χ1n) is 6.28. The molecule has 7 heteroatoms. The lowest BCUT2D eigenvalue weighted by molar-refractivity contribution is 0.471. The smallest absolute Gasteiger partial charge is 0.163 e. The number of nitrogens with one attached hydrogen (secondary N) is 1. The molecule has 0 amide bonds. The van der Waals surface area contributed by atoms with Gasteiger partial charge in [0, 0.05) is 12.6 Å². The van der Waals surface area contributed by atoms with Crippen LogP contribution in [0, 0.1) is 11.6 Å². The average molecular weight is 345 g/mol. The van der Waals surface area contributed by atoms with E-state index in [1.54, 1.807) is 17.8 Å². The normalized spacial score (nSPS) is 12.7. The van der Waals surface area contributed by atoms with Crippen LogP contribution in [0.1, 0.15) is 30.6 Å². The SMILES string of the molecule is CCCNC(c1cccc(F)c1F)c1c(Br)nnn1C. The van der Waals surface area contributed by atoms with Crippen molar-refractivity contribution < 1.29 is 8.78 Å². The standard InChI is InChI=1S/C13H15BrF2N4/c1-3-7-17-11(12-13(14)18-19-20(12)2)8-5-4-6-9(15)10(8)16/h4-6,11,17H,3,7H2,1-2H3.